The molecule has 0 N–H and O–H groups in total. The van der Waals surface area contributed by atoms with Gasteiger partial charge in [0.05, 0.1) is 0 Å². The Morgan fingerprint density at radius 2 is 1.92 bits per heavy atom. The molecule has 0 saturated heterocycles. The minimum Gasteiger partial charge on any atom is -0.0813 e. The first-order chi connectivity index (χ1) is 5.70. The molecule has 0 heterocycles. The van der Waals surface area contributed by atoms with Crippen molar-refractivity contribution in [3.8, 4) is 0 Å². The fourth-order valence-corrected chi connectivity index (χ4v) is 2.52. The van der Waals surface area contributed by atoms with Gasteiger partial charge in [-0.3, -0.25) is 0 Å². The first-order valence-electron chi connectivity index (χ1n) is 3.84. The zero-order chi connectivity index (χ0) is 8.60. The van der Waals surface area contributed by atoms with Crippen LogP contribution in [0, 0.1) is 0 Å². The monoisotopic (exact) mass is 286 g/mol. The molecule has 2 rings (SSSR count). The van der Waals surface area contributed by atoms with Crippen LogP contribution in [0.1, 0.15) is 17.5 Å². The Morgan fingerprint density at radius 3 is 2.67 bits per heavy atom. The average molecular weight is 288 g/mol. The van der Waals surface area contributed by atoms with Crippen molar-refractivity contribution >= 4 is 37.9 Å². The van der Waals surface area contributed by atoms with E-state index in [1.807, 2.05) is 0 Å². The lowest BCUT2D eigenvalue weighted by molar-refractivity contribution is 0.920. The summed E-state index contributed by atoms with van der Waals surface area (Å²) in [5, 5.41) is 0. The van der Waals surface area contributed by atoms with Crippen molar-refractivity contribution in [1.29, 1.82) is 0 Å². The molecule has 0 spiro atoms. The van der Waals surface area contributed by atoms with Gasteiger partial charge in [0.25, 0.3) is 0 Å². The molecule has 0 atom stereocenters. The maximum atomic E-state index is 3.66. The van der Waals surface area contributed by atoms with Gasteiger partial charge in [-0.2, -0.15) is 0 Å². The van der Waals surface area contributed by atoms with Crippen molar-refractivity contribution in [3.63, 3.8) is 0 Å². The lowest BCUT2D eigenvalue weighted by atomic mass is 9.97. The highest BCUT2D eigenvalue weighted by Crippen LogP contribution is 2.45. The highest BCUT2D eigenvalue weighted by Gasteiger charge is 2.27. The second-order valence-corrected chi connectivity index (χ2v) is 6.67. The molecule has 0 bridgehead atoms. The van der Waals surface area contributed by atoms with E-state index in [1.54, 1.807) is 0 Å². The maximum absolute atomic E-state index is 3.66. The normalized spacial score (nSPS) is 18.8. The van der Waals surface area contributed by atoms with E-state index in [1.165, 1.54) is 11.1 Å². The summed E-state index contributed by atoms with van der Waals surface area (Å²) < 4.78 is -0.0503. The smallest absolute Gasteiger partial charge is 0.0813 e. The van der Waals surface area contributed by atoms with E-state index in [0.717, 1.165) is 6.42 Å². The van der Waals surface area contributed by atoms with Gasteiger partial charge in [-0.15, -0.1) is 0 Å². The Morgan fingerprint density at radius 1 is 1.17 bits per heavy atom. The van der Waals surface area contributed by atoms with Crippen LogP contribution < -0.4 is 0 Å². The number of allylic oxidation sites excluding steroid dienone is 1. The van der Waals surface area contributed by atoms with Crippen LogP contribution in [0.15, 0.2) is 30.3 Å². The van der Waals surface area contributed by atoms with Gasteiger partial charge in [0.2, 0.25) is 0 Å². The second-order valence-electron chi connectivity index (χ2n) is 2.90. The standard InChI is InChI=1S/C10H8Br2/c11-10(12)7-3-5-8-4-1-2-6-9(8)10/h1-6H,7H2. The van der Waals surface area contributed by atoms with Gasteiger partial charge in [-0.25, -0.2) is 0 Å². The molecule has 1 aliphatic carbocycles. The largest absolute Gasteiger partial charge is 0.109 e. The molecular weight excluding hydrogens is 280 g/mol. The van der Waals surface area contributed by atoms with E-state index in [2.05, 4.69) is 68.3 Å². The Labute approximate surface area is 88.9 Å². The van der Waals surface area contributed by atoms with Gasteiger partial charge in [0.15, 0.2) is 0 Å². The first kappa shape index (κ1) is 8.52. The van der Waals surface area contributed by atoms with Gasteiger partial charge in [-0.1, -0.05) is 68.3 Å². The average Bonchev–Trinajstić information content (AvgIpc) is 2.04. The maximum Gasteiger partial charge on any atom is 0.109 e. The van der Waals surface area contributed by atoms with E-state index in [4.69, 9.17) is 0 Å². The molecule has 0 radical (unpaired) electrons. The lowest BCUT2D eigenvalue weighted by Crippen LogP contribution is -2.11. The summed E-state index contributed by atoms with van der Waals surface area (Å²) in [6.07, 6.45) is 5.33. The van der Waals surface area contributed by atoms with E-state index in [-0.39, 0.29) is 3.23 Å². The van der Waals surface area contributed by atoms with Crippen molar-refractivity contribution in [2.45, 2.75) is 9.65 Å². The molecule has 12 heavy (non-hydrogen) atoms. The van der Waals surface area contributed by atoms with Crippen LogP contribution in [0.2, 0.25) is 0 Å². The fourth-order valence-electron chi connectivity index (χ4n) is 1.42. The fraction of sp³-hybridized carbons (Fsp3) is 0.200. The zero-order valence-electron chi connectivity index (χ0n) is 6.43. The third-order valence-corrected chi connectivity index (χ3v) is 3.53. The lowest BCUT2D eigenvalue weighted by Gasteiger charge is -2.24. The molecule has 2 heteroatoms. The number of halogens is 2. The third kappa shape index (κ3) is 1.38. The van der Waals surface area contributed by atoms with Gasteiger partial charge >= 0.3 is 0 Å². The van der Waals surface area contributed by atoms with Crippen LogP contribution in [-0.2, 0) is 3.23 Å². The van der Waals surface area contributed by atoms with Crippen LogP contribution in [0.5, 0.6) is 0 Å². The van der Waals surface area contributed by atoms with Crippen LogP contribution in [0.3, 0.4) is 0 Å². The molecule has 0 nitrogen and oxygen atoms in total. The second kappa shape index (κ2) is 3.00. The molecule has 0 aliphatic heterocycles. The Bertz CT molecular complexity index is 326. The molecule has 1 aromatic carbocycles. The molecule has 62 valence electrons. The van der Waals surface area contributed by atoms with Crippen LogP contribution in [0.4, 0.5) is 0 Å². The van der Waals surface area contributed by atoms with Gasteiger partial charge in [0, 0.05) is 0 Å². The molecule has 0 aromatic heterocycles. The summed E-state index contributed by atoms with van der Waals surface area (Å²) >= 11 is 7.31. The Hall–Kier alpha value is -0.0800. The van der Waals surface area contributed by atoms with Crippen molar-refractivity contribution in [1.82, 2.24) is 0 Å². The number of hydrogen-bond acceptors (Lipinski definition) is 0. The molecular formula is C10H8Br2. The molecule has 0 amide bonds. The van der Waals surface area contributed by atoms with Crippen molar-refractivity contribution in [2.24, 2.45) is 0 Å². The minimum atomic E-state index is -0.0503. The summed E-state index contributed by atoms with van der Waals surface area (Å²) in [4.78, 5) is 0. The van der Waals surface area contributed by atoms with E-state index >= 15 is 0 Å². The van der Waals surface area contributed by atoms with Crippen molar-refractivity contribution in [2.75, 3.05) is 0 Å². The van der Waals surface area contributed by atoms with Crippen LogP contribution >= 0.6 is 31.9 Å². The quantitative estimate of drug-likeness (QED) is 0.632. The summed E-state index contributed by atoms with van der Waals surface area (Å²) in [5.41, 5.74) is 2.60. The van der Waals surface area contributed by atoms with Crippen molar-refractivity contribution < 1.29 is 0 Å². The van der Waals surface area contributed by atoms with E-state index in [0.29, 0.717) is 0 Å². The predicted octanol–water partition coefficient (Wildman–Crippen LogP) is 4.05. The van der Waals surface area contributed by atoms with Gasteiger partial charge in [0.1, 0.15) is 3.23 Å². The highest BCUT2D eigenvalue weighted by atomic mass is 79.9. The van der Waals surface area contributed by atoms with E-state index in [9.17, 15) is 0 Å². The number of benzene rings is 1. The van der Waals surface area contributed by atoms with E-state index < -0.39 is 0 Å². The summed E-state index contributed by atoms with van der Waals surface area (Å²) in [6, 6.07) is 8.39. The number of rotatable bonds is 0. The molecule has 1 aliphatic rings. The zero-order valence-corrected chi connectivity index (χ0v) is 9.60. The Kier molecular flexibility index (Phi) is 2.13. The minimum absolute atomic E-state index is 0.0503. The van der Waals surface area contributed by atoms with Gasteiger partial charge in [-0.05, 0) is 17.5 Å². The number of fused-ring (bicyclic) bond motifs is 1. The number of hydrogen-bond donors (Lipinski definition) is 0. The first-order valence-corrected chi connectivity index (χ1v) is 5.43. The SMILES string of the molecule is BrC1(Br)CC=Cc2ccccc21. The van der Waals surface area contributed by atoms with Crippen LogP contribution in [-0.4, -0.2) is 0 Å². The summed E-state index contributed by atoms with van der Waals surface area (Å²) in [6.45, 7) is 0. The molecule has 0 fully saturated rings. The Balaban J connectivity index is 2.60. The number of alkyl halides is 2. The van der Waals surface area contributed by atoms with Crippen LogP contribution in [0.25, 0.3) is 6.08 Å². The molecule has 0 saturated carbocycles. The molecule has 1 aromatic rings. The summed E-state index contributed by atoms with van der Waals surface area (Å²) in [5.74, 6) is 0. The molecule has 0 unspecified atom stereocenters. The summed E-state index contributed by atoms with van der Waals surface area (Å²) in [7, 11) is 0. The predicted molar refractivity (Wildman–Crippen MR) is 59.6 cm³/mol. The topological polar surface area (TPSA) is 0 Å². The highest BCUT2D eigenvalue weighted by molar-refractivity contribution is 9.24. The third-order valence-electron chi connectivity index (χ3n) is 2.03. The van der Waals surface area contributed by atoms with Gasteiger partial charge < -0.3 is 0 Å². The van der Waals surface area contributed by atoms with Crippen molar-refractivity contribution in [3.05, 3.63) is 41.5 Å².